The van der Waals surface area contributed by atoms with Gasteiger partial charge in [0, 0.05) is 0 Å². The van der Waals surface area contributed by atoms with Crippen molar-refractivity contribution in [3.05, 3.63) is 0 Å². The third kappa shape index (κ3) is 3.66. The van der Waals surface area contributed by atoms with Crippen molar-refractivity contribution in [1.82, 2.24) is 0 Å². The van der Waals surface area contributed by atoms with Crippen LogP contribution >= 0.6 is 0 Å². The highest BCUT2D eigenvalue weighted by atomic mass is 29.3. The van der Waals surface area contributed by atoms with Gasteiger partial charge >= 0.3 is 0 Å². The smallest absolute Gasteiger partial charge is 0.180 e. The van der Waals surface area contributed by atoms with Gasteiger partial charge in [0.25, 0.3) is 0 Å². The predicted octanol–water partition coefficient (Wildman–Crippen LogP) is 6.69. The van der Waals surface area contributed by atoms with Gasteiger partial charge in [-0.05, 0) is 31.4 Å². The van der Waals surface area contributed by atoms with Gasteiger partial charge in [-0.25, -0.2) is 0 Å². The quantitative estimate of drug-likeness (QED) is 0.428. The van der Waals surface area contributed by atoms with E-state index >= 15 is 0 Å². The maximum atomic E-state index is 7.27. The van der Waals surface area contributed by atoms with Crippen molar-refractivity contribution in [1.29, 1.82) is 0 Å². The fourth-order valence-electron chi connectivity index (χ4n) is 5.15. The standard InChI is InChI=1S/C18H40OSi2/c1-7-14-20(15-8-2)17-13-18(10-4,11-5)19-21(20,12-6)16-9-3/h7-17H2,1-6H3. The predicted molar refractivity (Wildman–Crippen MR) is 101 cm³/mol. The van der Waals surface area contributed by atoms with Crippen molar-refractivity contribution in [3.63, 3.8) is 0 Å². The first-order chi connectivity index (χ1) is 10.0. The summed E-state index contributed by atoms with van der Waals surface area (Å²) in [7, 11) is -2.70. The first-order valence-electron chi connectivity index (χ1n) is 9.73. The molecule has 1 saturated heterocycles. The van der Waals surface area contributed by atoms with Gasteiger partial charge in [0.05, 0.1) is 13.2 Å². The van der Waals surface area contributed by atoms with E-state index in [-0.39, 0.29) is 5.60 Å². The minimum Gasteiger partial charge on any atom is -0.414 e. The molecule has 1 rings (SSSR count). The normalized spacial score (nSPS) is 27.7. The van der Waals surface area contributed by atoms with E-state index in [0.717, 1.165) is 0 Å². The SMILES string of the molecule is CCC[Si]1(CCC)CCC(CC)(CC)O[Si]1(CC)CCC. The Bertz CT molecular complexity index is 296. The van der Waals surface area contributed by atoms with Crippen LogP contribution < -0.4 is 0 Å². The van der Waals surface area contributed by atoms with E-state index in [0.29, 0.717) is 0 Å². The topological polar surface area (TPSA) is 9.23 Å². The van der Waals surface area contributed by atoms with Crippen molar-refractivity contribution < 1.29 is 4.43 Å². The maximum Gasteiger partial charge on any atom is 0.180 e. The van der Waals surface area contributed by atoms with Crippen molar-refractivity contribution in [2.75, 3.05) is 0 Å². The Hall–Kier alpha value is 0.394. The summed E-state index contributed by atoms with van der Waals surface area (Å²) in [5.41, 5.74) is 0.245. The van der Waals surface area contributed by atoms with Gasteiger partial charge in [0.15, 0.2) is 7.83 Å². The summed E-state index contributed by atoms with van der Waals surface area (Å²) in [6, 6.07) is 7.50. The van der Waals surface area contributed by atoms with Crippen LogP contribution in [0.1, 0.15) is 80.1 Å². The highest BCUT2D eigenvalue weighted by molar-refractivity contribution is 7.40. The van der Waals surface area contributed by atoms with Crippen LogP contribution in [0.15, 0.2) is 0 Å². The number of rotatable bonds is 9. The Labute approximate surface area is 136 Å². The molecule has 0 radical (unpaired) electrons. The van der Waals surface area contributed by atoms with Crippen LogP contribution in [0.3, 0.4) is 0 Å². The highest BCUT2D eigenvalue weighted by Gasteiger charge is 2.59. The van der Waals surface area contributed by atoms with Crippen molar-refractivity contribution >= 4 is 15.4 Å². The van der Waals surface area contributed by atoms with E-state index in [1.807, 2.05) is 0 Å². The lowest BCUT2D eigenvalue weighted by atomic mass is 9.94. The van der Waals surface area contributed by atoms with Crippen molar-refractivity contribution in [2.45, 2.75) is 116 Å². The van der Waals surface area contributed by atoms with E-state index in [4.69, 9.17) is 4.43 Å². The lowest BCUT2D eigenvalue weighted by Gasteiger charge is -2.57. The lowest BCUT2D eigenvalue weighted by molar-refractivity contribution is 0.0411. The van der Waals surface area contributed by atoms with Crippen LogP contribution in [0.4, 0.5) is 0 Å². The molecule has 0 aromatic heterocycles. The summed E-state index contributed by atoms with van der Waals surface area (Å²) in [4.78, 5) is 0. The molecule has 0 amide bonds. The fraction of sp³-hybridized carbons (Fsp3) is 1.00. The van der Waals surface area contributed by atoms with Gasteiger partial charge in [-0.3, -0.25) is 0 Å². The fourth-order valence-corrected chi connectivity index (χ4v) is 26.1. The Morgan fingerprint density at radius 3 is 1.71 bits per heavy atom. The molecule has 1 atom stereocenters. The third-order valence-corrected chi connectivity index (χ3v) is 25.9. The monoisotopic (exact) mass is 328 g/mol. The molecule has 0 aromatic carbocycles. The molecule has 1 fully saturated rings. The summed E-state index contributed by atoms with van der Waals surface area (Å²) in [5.74, 6) is 0. The summed E-state index contributed by atoms with van der Waals surface area (Å²) >= 11 is 0. The first kappa shape index (κ1) is 19.4. The van der Waals surface area contributed by atoms with Crippen LogP contribution in [0.25, 0.3) is 0 Å². The van der Waals surface area contributed by atoms with Crippen LogP contribution in [-0.2, 0) is 4.43 Å². The van der Waals surface area contributed by atoms with Crippen LogP contribution in [0.2, 0.25) is 30.2 Å². The van der Waals surface area contributed by atoms with Crippen LogP contribution in [0, 0.1) is 0 Å². The summed E-state index contributed by atoms with van der Waals surface area (Å²) in [5, 5.41) is 0. The summed E-state index contributed by atoms with van der Waals surface area (Å²) in [6.07, 6.45) is 7.93. The molecule has 1 aliphatic rings. The van der Waals surface area contributed by atoms with Crippen LogP contribution in [0.5, 0.6) is 0 Å². The molecular formula is C18H40OSi2. The van der Waals surface area contributed by atoms with Gasteiger partial charge in [0.1, 0.15) is 0 Å². The summed E-state index contributed by atoms with van der Waals surface area (Å²) < 4.78 is 7.27. The molecule has 1 nitrogen and oxygen atoms in total. The van der Waals surface area contributed by atoms with Gasteiger partial charge in [-0.15, -0.1) is 0 Å². The zero-order valence-corrected chi connectivity index (χ0v) is 17.7. The molecule has 0 spiro atoms. The molecule has 1 aliphatic heterocycles. The Morgan fingerprint density at radius 1 is 0.810 bits per heavy atom. The molecule has 126 valence electrons. The number of hydrogen-bond donors (Lipinski definition) is 0. The Balaban J connectivity index is 3.22. The molecule has 1 unspecified atom stereocenters. The lowest BCUT2D eigenvalue weighted by Crippen LogP contribution is -2.70. The Morgan fingerprint density at radius 2 is 1.33 bits per heavy atom. The summed E-state index contributed by atoms with van der Waals surface area (Å²) in [6.45, 7) is 14.4. The zero-order valence-electron chi connectivity index (χ0n) is 15.7. The van der Waals surface area contributed by atoms with E-state index < -0.39 is 15.4 Å². The van der Waals surface area contributed by atoms with Gasteiger partial charge in [-0.2, -0.15) is 0 Å². The molecule has 0 bridgehead atoms. The molecule has 0 saturated carbocycles. The van der Waals surface area contributed by atoms with Crippen LogP contribution in [-0.4, -0.2) is 21.0 Å². The maximum absolute atomic E-state index is 7.27. The molecule has 3 heteroatoms. The van der Waals surface area contributed by atoms with E-state index in [1.54, 1.807) is 18.1 Å². The van der Waals surface area contributed by atoms with E-state index in [2.05, 4.69) is 41.5 Å². The van der Waals surface area contributed by atoms with Crippen molar-refractivity contribution in [2.24, 2.45) is 0 Å². The third-order valence-electron chi connectivity index (χ3n) is 6.41. The molecule has 0 N–H and O–H groups in total. The van der Waals surface area contributed by atoms with E-state index in [9.17, 15) is 0 Å². The molecule has 0 aromatic rings. The average molecular weight is 329 g/mol. The molecule has 21 heavy (non-hydrogen) atoms. The van der Waals surface area contributed by atoms with Gasteiger partial charge in [0.2, 0.25) is 0 Å². The van der Waals surface area contributed by atoms with Crippen molar-refractivity contribution in [3.8, 4) is 0 Å². The van der Waals surface area contributed by atoms with Gasteiger partial charge < -0.3 is 4.43 Å². The second-order valence-corrected chi connectivity index (χ2v) is 20.7. The highest BCUT2D eigenvalue weighted by Crippen LogP contribution is 2.50. The largest absolute Gasteiger partial charge is 0.414 e. The second-order valence-electron chi connectivity index (χ2n) is 7.37. The molecule has 1 heterocycles. The minimum atomic E-state index is -1.52. The second kappa shape index (κ2) is 8.30. The minimum absolute atomic E-state index is 0.245. The first-order valence-corrected chi connectivity index (χ1v) is 15.7. The number of hydrogen-bond acceptors (Lipinski definition) is 1. The molecular weight excluding hydrogens is 288 g/mol. The average Bonchev–Trinajstić information content (AvgIpc) is 2.50. The van der Waals surface area contributed by atoms with E-state index in [1.165, 1.54) is 50.6 Å². The molecule has 0 aliphatic carbocycles. The van der Waals surface area contributed by atoms with Gasteiger partial charge in [-0.1, -0.05) is 78.9 Å². The Kier molecular flexibility index (Phi) is 7.69. The zero-order chi connectivity index (χ0) is 16.0.